The third-order valence-electron chi connectivity index (χ3n) is 2.19. The summed E-state index contributed by atoms with van der Waals surface area (Å²) in [5, 5.41) is 0. The first-order valence-corrected chi connectivity index (χ1v) is 5.11. The summed E-state index contributed by atoms with van der Waals surface area (Å²) in [6.07, 6.45) is 4.91. The van der Waals surface area contributed by atoms with E-state index in [0.29, 0.717) is 6.42 Å². The maximum Gasteiger partial charge on any atom is 0.309 e. The molecule has 0 heterocycles. The average molecular weight is 220 g/mol. The van der Waals surface area contributed by atoms with Crippen molar-refractivity contribution in [2.75, 3.05) is 14.2 Å². The van der Waals surface area contributed by atoms with Crippen LogP contribution in [0.2, 0.25) is 0 Å². The van der Waals surface area contributed by atoms with Gasteiger partial charge in [-0.1, -0.05) is 24.3 Å². The molecule has 0 N–H and O–H groups in total. The number of hydrogen-bond acceptors (Lipinski definition) is 3. The molecular formula is C13H16O3. The van der Waals surface area contributed by atoms with Gasteiger partial charge in [-0.2, -0.15) is 0 Å². The van der Waals surface area contributed by atoms with E-state index in [0.717, 1.165) is 12.2 Å². The Morgan fingerprint density at radius 3 is 2.44 bits per heavy atom. The Morgan fingerprint density at radius 1 is 1.19 bits per heavy atom. The number of carbonyl (C=O) groups excluding carboxylic acids is 1. The average Bonchev–Trinajstić information content (AvgIpc) is 2.35. The van der Waals surface area contributed by atoms with Gasteiger partial charge in [0, 0.05) is 0 Å². The lowest BCUT2D eigenvalue weighted by atomic mass is 10.1. The predicted molar refractivity (Wildman–Crippen MR) is 62.5 cm³/mol. The van der Waals surface area contributed by atoms with Gasteiger partial charge in [-0.05, 0) is 24.1 Å². The van der Waals surface area contributed by atoms with Crippen molar-refractivity contribution < 1.29 is 14.3 Å². The molecule has 0 saturated carbocycles. The summed E-state index contributed by atoms with van der Waals surface area (Å²) in [5.41, 5.74) is 1.18. The van der Waals surface area contributed by atoms with Crippen LogP contribution in [0, 0.1) is 0 Å². The lowest BCUT2D eigenvalue weighted by Gasteiger charge is -2.00. The fourth-order valence-electron chi connectivity index (χ4n) is 1.24. The number of rotatable bonds is 5. The number of allylic oxidation sites excluding steroid dienone is 1. The van der Waals surface area contributed by atoms with Crippen molar-refractivity contribution in [2.45, 2.75) is 12.8 Å². The summed E-state index contributed by atoms with van der Waals surface area (Å²) in [5.74, 6) is 0.633. The first kappa shape index (κ1) is 12.3. The molecule has 3 nitrogen and oxygen atoms in total. The van der Waals surface area contributed by atoms with Crippen LogP contribution in [-0.2, 0) is 16.0 Å². The van der Waals surface area contributed by atoms with Crippen molar-refractivity contribution in [1.82, 2.24) is 0 Å². The number of carbonyl (C=O) groups is 1. The highest BCUT2D eigenvalue weighted by molar-refractivity contribution is 5.70. The lowest BCUT2D eigenvalue weighted by Crippen LogP contribution is -1.96. The van der Waals surface area contributed by atoms with E-state index in [2.05, 4.69) is 4.74 Å². The Bertz CT molecular complexity index is 352. The molecule has 0 spiro atoms. The smallest absolute Gasteiger partial charge is 0.309 e. The van der Waals surface area contributed by atoms with Gasteiger partial charge in [0.2, 0.25) is 0 Å². The van der Waals surface area contributed by atoms with Crippen molar-refractivity contribution in [3.8, 4) is 5.75 Å². The number of esters is 1. The Morgan fingerprint density at radius 2 is 1.88 bits per heavy atom. The highest BCUT2D eigenvalue weighted by atomic mass is 16.5. The van der Waals surface area contributed by atoms with Gasteiger partial charge in [0.15, 0.2) is 0 Å². The Balaban J connectivity index is 2.39. The summed E-state index contributed by atoms with van der Waals surface area (Å²) < 4.78 is 9.59. The molecule has 1 aromatic carbocycles. The number of hydrogen-bond donors (Lipinski definition) is 0. The SMILES string of the molecule is COC(=O)C/C=C\Cc1ccc(OC)cc1. The van der Waals surface area contributed by atoms with Gasteiger partial charge in [0.1, 0.15) is 5.75 Å². The molecule has 16 heavy (non-hydrogen) atoms. The molecule has 0 fully saturated rings. The first-order chi connectivity index (χ1) is 7.76. The molecule has 0 aromatic heterocycles. The van der Waals surface area contributed by atoms with Crippen molar-refractivity contribution in [1.29, 1.82) is 0 Å². The predicted octanol–water partition coefficient (Wildman–Crippen LogP) is 2.36. The molecule has 1 aromatic rings. The maximum atomic E-state index is 10.8. The van der Waals surface area contributed by atoms with Crippen molar-refractivity contribution in [2.24, 2.45) is 0 Å². The van der Waals surface area contributed by atoms with Gasteiger partial charge in [0.05, 0.1) is 20.6 Å². The van der Waals surface area contributed by atoms with Crippen LogP contribution < -0.4 is 4.74 Å². The number of methoxy groups -OCH3 is 2. The van der Waals surface area contributed by atoms with E-state index in [4.69, 9.17) is 4.74 Å². The molecule has 0 amide bonds. The molecule has 0 aliphatic rings. The van der Waals surface area contributed by atoms with Crippen LogP contribution in [0.3, 0.4) is 0 Å². The fraction of sp³-hybridized carbons (Fsp3) is 0.308. The topological polar surface area (TPSA) is 35.5 Å². The van der Waals surface area contributed by atoms with E-state index in [9.17, 15) is 4.79 Å². The van der Waals surface area contributed by atoms with E-state index in [1.165, 1.54) is 12.7 Å². The lowest BCUT2D eigenvalue weighted by molar-refractivity contribution is -0.139. The Kier molecular flexibility index (Phi) is 5.12. The monoisotopic (exact) mass is 220 g/mol. The number of benzene rings is 1. The number of ether oxygens (including phenoxy) is 2. The minimum atomic E-state index is -0.217. The third kappa shape index (κ3) is 4.17. The maximum absolute atomic E-state index is 10.8. The quantitative estimate of drug-likeness (QED) is 0.564. The second-order valence-electron chi connectivity index (χ2n) is 3.30. The minimum Gasteiger partial charge on any atom is -0.497 e. The molecule has 0 atom stereocenters. The summed E-state index contributed by atoms with van der Waals surface area (Å²) in [7, 11) is 3.03. The fourth-order valence-corrected chi connectivity index (χ4v) is 1.24. The van der Waals surface area contributed by atoms with E-state index in [1.54, 1.807) is 7.11 Å². The zero-order chi connectivity index (χ0) is 11.8. The van der Waals surface area contributed by atoms with Crippen LogP contribution >= 0.6 is 0 Å². The standard InChI is InChI=1S/C13H16O3/c1-15-12-9-7-11(8-10-12)5-3-4-6-13(14)16-2/h3-4,7-10H,5-6H2,1-2H3/b4-3-. The van der Waals surface area contributed by atoms with E-state index in [1.807, 2.05) is 36.4 Å². The zero-order valence-corrected chi connectivity index (χ0v) is 9.60. The zero-order valence-electron chi connectivity index (χ0n) is 9.60. The normalized spacial score (nSPS) is 10.4. The van der Waals surface area contributed by atoms with Crippen molar-refractivity contribution >= 4 is 5.97 Å². The molecule has 0 radical (unpaired) electrons. The van der Waals surface area contributed by atoms with Crippen LogP contribution in [0.1, 0.15) is 12.0 Å². The largest absolute Gasteiger partial charge is 0.497 e. The van der Waals surface area contributed by atoms with Gasteiger partial charge in [0.25, 0.3) is 0 Å². The Hall–Kier alpha value is -1.77. The molecular weight excluding hydrogens is 204 g/mol. The van der Waals surface area contributed by atoms with Crippen LogP contribution in [0.5, 0.6) is 5.75 Å². The first-order valence-electron chi connectivity index (χ1n) is 5.11. The summed E-state index contributed by atoms with van der Waals surface area (Å²) in [6.45, 7) is 0. The summed E-state index contributed by atoms with van der Waals surface area (Å²) in [4.78, 5) is 10.8. The van der Waals surface area contributed by atoms with Crippen molar-refractivity contribution in [3.05, 3.63) is 42.0 Å². The van der Waals surface area contributed by atoms with E-state index >= 15 is 0 Å². The summed E-state index contributed by atoms with van der Waals surface area (Å²) >= 11 is 0. The molecule has 0 aliphatic carbocycles. The minimum absolute atomic E-state index is 0.217. The van der Waals surface area contributed by atoms with Gasteiger partial charge in [-0.3, -0.25) is 4.79 Å². The molecule has 0 saturated heterocycles. The third-order valence-corrected chi connectivity index (χ3v) is 2.19. The van der Waals surface area contributed by atoms with Gasteiger partial charge >= 0.3 is 5.97 Å². The van der Waals surface area contributed by atoms with Gasteiger partial charge in [-0.25, -0.2) is 0 Å². The molecule has 1 rings (SSSR count). The van der Waals surface area contributed by atoms with Crippen LogP contribution in [0.25, 0.3) is 0 Å². The van der Waals surface area contributed by atoms with Crippen LogP contribution in [0.15, 0.2) is 36.4 Å². The molecule has 0 bridgehead atoms. The highest BCUT2D eigenvalue weighted by Gasteiger charge is 1.94. The molecule has 0 unspecified atom stereocenters. The molecule has 86 valence electrons. The van der Waals surface area contributed by atoms with Gasteiger partial charge in [-0.15, -0.1) is 0 Å². The van der Waals surface area contributed by atoms with Crippen LogP contribution in [-0.4, -0.2) is 20.2 Å². The van der Waals surface area contributed by atoms with Gasteiger partial charge < -0.3 is 9.47 Å². The van der Waals surface area contributed by atoms with Crippen LogP contribution in [0.4, 0.5) is 0 Å². The molecule has 0 aliphatic heterocycles. The summed E-state index contributed by atoms with van der Waals surface area (Å²) in [6, 6.07) is 7.84. The molecule has 3 heteroatoms. The highest BCUT2D eigenvalue weighted by Crippen LogP contribution is 2.11. The van der Waals surface area contributed by atoms with Crippen molar-refractivity contribution in [3.63, 3.8) is 0 Å². The van der Waals surface area contributed by atoms with E-state index in [-0.39, 0.29) is 5.97 Å². The van der Waals surface area contributed by atoms with E-state index < -0.39 is 0 Å². The Labute approximate surface area is 95.7 Å². The second kappa shape index (κ2) is 6.67. The second-order valence-corrected chi connectivity index (χ2v) is 3.30.